The molecule has 13 heavy (non-hydrogen) atoms. The lowest BCUT2D eigenvalue weighted by Gasteiger charge is -2.11. The molecule has 0 amide bonds. The first-order valence-electron chi connectivity index (χ1n) is 3.98. The van der Waals surface area contributed by atoms with Crippen molar-refractivity contribution in [3.8, 4) is 5.75 Å². The van der Waals surface area contributed by atoms with Crippen LogP contribution < -0.4 is 10.1 Å². The van der Waals surface area contributed by atoms with Crippen LogP contribution in [0.2, 0.25) is 0 Å². The molecule has 0 aliphatic rings. The van der Waals surface area contributed by atoms with Gasteiger partial charge >= 0.3 is 0 Å². The minimum atomic E-state index is -0.292. The molecular formula is C9H11BrFNO. The van der Waals surface area contributed by atoms with E-state index in [0.717, 1.165) is 0 Å². The summed E-state index contributed by atoms with van der Waals surface area (Å²) in [4.78, 5) is 0. The Morgan fingerprint density at radius 2 is 2.23 bits per heavy atom. The number of anilines is 1. The van der Waals surface area contributed by atoms with E-state index in [9.17, 15) is 4.39 Å². The molecule has 0 heterocycles. The van der Waals surface area contributed by atoms with Gasteiger partial charge in [0.15, 0.2) is 5.75 Å². The van der Waals surface area contributed by atoms with Crippen LogP contribution in [0.4, 0.5) is 10.1 Å². The van der Waals surface area contributed by atoms with Gasteiger partial charge in [0.1, 0.15) is 5.82 Å². The molecule has 0 saturated heterocycles. The Kier molecular flexibility index (Phi) is 3.54. The summed E-state index contributed by atoms with van der Waals surface area (Å²) < 4.78 is 18.9. The Balaban J connectivity index is 3.13. The highest BCUT2D eigenvalue weighted by molar-refractivity contribution is 9.10. The summed E-state index contributed by atoms with van der Waals surface area (Å²) >= 11 is 3.23. The van der Waals surface area contributed by atoms with E-state index < -0.39 is 0 Å². The van der Waals surface area contributed by atoms with Crippen LogP contribution in [0.25, 0.3) is 0 Å². The molecule has 72 valence electrons. The van der Waals surface area contributed by atoms with Crippen molar-refractivity contribution in [2.75, 3.05) is 19.0 Å². The van der Waals surface area contributed by atoms with Crippen molar-refractivity contribution in [2.45, 2.75) is 6.92 Å². The Hall–Kier alpha value is -0.770. The van der Waals surface area contributed by atoms with Crippen LogP contribution in [0.15, 0.2) is 16.6 Å². The standard InChI is InChI=1S/C9H11BrFNO/c1-3-13-9-7(10)4-6(11)5-8(9)12-2/h4-5,12H,3H2,1-2H3. The lowest BCUT2D eigenvalue weighted by atomic mass is 10.3. The van der Waals surface area contributed by atoms with E-state index in [2.05, 4.69) is 21.2 Å². The lowest BCUT2D eigenvalue weighted by Crippen LogP contribution is -1.99. The van der Waals surface area contributed by atoms with Crippen LogP contribution in [0, 0.1) is 5.82 Å². The Morgan fingerprint density at radius 1 is 1.54 bits per heavy atom. The summed E-state index contributed by atoms with van der Waals surface area (Å²) in [6.07, 6.45) is 0. The summed E-state index contributed by atoms with van der Waals surface area (Å²) in [5.41, 5.74) is 0.647. The third-order valence-corrected chi connectivity index (χ3v) is 2.16. The molecule has 0 aromatic heterocycles. The van der Waals surface area contributed by atoms with Crippen LogP contribution in [-0.2, 0) is 0 Å². The van der Waals surface area contributed by atoms with Gasteiger partial charge in [-0.05, 0) is 28.9 Å². The topological polar surface area (TPSA) is 21.3 Å². The highest BCUT2D eigenvalue weighted by Gasteiger charge is 2.08. The molecule has 0 atom stereocenters. The van der Waals surface area contributed by atoms with E-state index in [1.165, 1.54) is 12.1 Å². The molecule has 0 unspecified atom stereocenters. The number of nitrogens with one attached hydrogen (secondary N) is 1. The van der Waals surface area contributed by atoms with E-state index in [0.29, 0.717) is 22.5 Å². The van der Waals surface area contributed by atoms with Crippen molar-refractivity contribution < 1.29 is 9.13 Å². The molecule has 0 radical (unpaired) electrons. The number of benzene rings is 1. The van der Waals surface area contributed by atoms with Gasteiger partial charge in [-0.15, -0.1) is 0 Å². The maximum absolute atomic E-state index is 12.9. The van der Waals surface area contributed by atoms with Crippen LogP contribution in [0.5, 0.6) is 5.75 Å². The normalized spacial score (nSPS) is 9.85. The van der Waals surface area contributed by atoms with Crippen molar-refractivity contribution in [1.29, 1.82) is 0 Å². The smallest absolute Gasteiger partial charge is 0.156 e. The molecule has 1 aromatic rings. The molecule has 0 aliphatic heterocycles. The fourth-order valence-corrected chi connectivity index (χ4v) is 1.58. The Morgan fingerprint density at radius 3 is 2.77 bits per heavy atom. The van der Waals surface area contributed by atoms with Gasteiger partial charge in [0.05, 0.1) is 16.8 Å². The van der Waals surface area contributed by atoms with E-state index in [-0.39, 0.29) is 5.82 Å². The SMILES string of the molecule is CCOc1c(Br)cc(F)cc1NC. The minimum Gasteiger partial charge on any atom is -0.491 e. The van der Waals surface area contributed by atoms with Gasteiger partial charge in [0, 0.05) is 13.1 Å². The zero-order valence-corrected chi connectivity index (χ0v) is 9.11. The number of hydrogen-bond donors (Lipinski definition) is 1. The molecule has 4 heteroatoms. The number of halogens is 2. The van der Waals surface area contributed by atoms with Gasteiger partial charge < -0.3 is 10.1 Å². The van der Waals surface area contributed by atoms with Gasteiger partial charge in [0.2, 0.25) is 0 Å². The second-order valence-electron chi connectivity index (χ2n) is 2.45. The number of rotatable bonds is 3. The predicted octanol–water partition coefficient (Wildman–Crippen LogP) is 3.03. The minimum absolute atomic E-state index is 0.292. The van der Waals surface area contributed by atoms with Gasteiger partial charge in [-0.3, -0.25) is 0 Å². The first kappa shape index (κ1) is 10.3. The average Bonchev–Trinajstić information content (AvgIpc) is 2.09. The van der Waals surface area contributed by atoms with E-state index in [1.807, 2.05) is 6.92 Å². The zero-order valence-electron chi connectivity index (χ0n) is 7.53. The second kappa shape index (κ2) is 4.46. The molecule has 0 saturated carbocycles. The fraction of sp³-hybridized carbons (Fsp3) is 0.333. The zero-order chi connectivity index (χ0) is 9.84. The second-order valence-corrected chi connectivity index (χ2v) is 3.30. The van der Waals surface area contributed by atoms with Crippen molar-refractivity contribution in [3.05, 3.63) is 22.4 Å². The lowest BCUT2D eigenvalue weighted by molar-refractivity contribution is 0.339. The van der Waals surface area contributed by atoms with Crippen LogP contribution in [-0.4, -0.2) is 13.7 Å². The number of hydrogen-bond acceptors (Lipinski definition) is 2. The molecule has 1 N–H and O–H groups in total. The largest absolute Gasteiger partial charge is 0.491 e. The summed E-state index contributed by atoms with van der Waals surface area (Å²) in [6.45, 7) is 2.44. The van der Waals surface area contributed by atoms with Crippen molar-refractivity contribution >= 4 is 21.6 Å². The molecule has 0 aliphatic carbocycles. The van der Waals surface area contributed by atoms with E-state index >= 15 is 0 Å². The molecule has 0 spiro atoms. The van der Waals surface area contributed by atoms with Crippen molar-refractivity contribution in [3.63, 3.8) is 0 Å². The highest BCUT2D eigenvalue weighted by Crippen LogP contribution is 2.34. The third kappa shape index (κ3) is 2.34. The highest BCUT2D eigenvalue weighted by atomic mass is 79.9. The fourth-order valence-electron chi connectivity index (χ4n) is 1.04. The van der Waals surface area contributed by atoms with Gasteiger partial charge in [-0.2, -0.15) is 0 Å². The summed E-state index contributed by atoms with van der Waals surface area (Å²) in [5.74, 6) is 0.353. The summed E-state index contributed by atoms with van der Waals surface area (Å²) in [7, 11) is 1.73. The van der Waals surface area contributed by atoms with Gasteiger partial charge in [-0.1, -0.05) is 0 Å². The Bertz CT molecular complexity index is 304. The number of ether oxygens (including phenoxy) is 1. The maximum Gasteiger partial charge on any atom is 0.156 e. The Labute approximate surface area is 85.2 Å². The predicted molar refractivity (Wildman–Crippen MR) is 54.8 cm³/mol. The van der Waals surface area contributed by atoms with Crippen LogP contribution in [0.3, 0.4) is 0 Å². The first-order valence-corrected chi connectivity index (χ1v) is 4.78. The van der Waals surface area contributed by atoms with Gasteiger partial charge in [0.25, 0.3) is 0 Å². The van der Waals surface area contributed by atoms with Crippen LogP contribution >= 0.6 is 15.9 Å². The molecule has 0 bridgehead atoms. The average molecular weight is 248 g/mol. The quantitative estimate of drug-likeness (QED) is 0.887. The van der Waals surface area contributed by atoms with E-state index in [4.69, 9.17) is 4.74 Å². The van der Waals surface area contributed by atoms with Crippen molar-refractivity contribution in [1.82, 2.24) is 0 Å². The molecular weight excluding hydrogens is 237 g/mol. The third-order valence-electron chi connectivity index (χ3n) is 1.57. The molecule has 1 aromatic carbocycles. The molecule has 0 fully saturated rings. The first-order chi connectivity index (χ1) is 6.19. The van der Waals surface area contributed by atoms with Crippen molar-refractivity contribution in [2.24, 2.45) is 0 Å². The maximum atomic E-state index is 12.9. The summed E-state index contributed by atoms with van der Waals surface area (Å²) in [5, 5.41) is 2.87. The summed E-state index contributed by atoms with van der Waals surface area (Å²) in [6, 6.07) is 2.78. The molecule has 2 nitrogen and oxygen atoms in total. The van der Waals surface area contributed by atoms with Gasteiger partial charge in [-0.25, -0.2) is 4.39 Å². The molecule has 1 rings (SSSR count). The monoisotopic (exact) mass is 247 g/mol. The van der Waals surface area contributed by atoms with Crippen LogP contribution in [0.1, 0.15) is 6.92 Å². The van der Waals surface area contributed by atoms with E-state index in [1.54, 1.807) is 7.05 Å².